The molecule has 0 saturated heterocycles. The zero-order chi connectivity index (χ0) is 12.4. The number of rotatable bonds is 5. The first kappa shape index (κ1) is 12.5. The number of aliphatic hydroxyl groups is 1. The van der Waals surface area contributed by atoms with Crippen LogP contribution in [-0.2, 0) is 17.9 Å². The number of aryl methyl sites for hydroxylation is 1. The van der Waals surface area contributed by atoms with Crippen molar-refractivity contribution in [2.75, 3.05) is 5.75 Å². The summed E-state index contributed by atoms with van der Waals surface area (Å²) in [6, 6.07) is 1.10. The van der Waals surface area contributed by atoms with E-state index in [4.69, 9.17) is 10.8 Å². The van der Waals surface area contributed by atoms with E-state index in [1.807, 2.05) is 12.3 Å². The van der Waals surface area contributed by atoms with Crippen LogP contribution in [0.4, 0.5) is 0 Å². The quantitative estimate of drug-likeness (QED) is 0.717. The monoisotopic (exact) mass is 256 g/mol. The molecule has 1 aliphatic heterocycles. The number of carboxylic acid groups (broad SMARTS) is 1. The molecule has 94 valence electrons. The van der Waals surface area contributed by atoms with Gasteiger partial charge in [-0.2, -0.15) is 0 Å². The number of carboxylic acids is 1. The fourth-order valence-electron chi connectivity index (χ4n) is 2.10. The van der Waals surface area contributed by atoms with Gasteiger partial charge in [-0.05, 0) is 18.1 Å². The van der Waals surface area contributed by atoms with Crippen LogP contribution < -0.4 is 5.73 Å². The lowest BCUT2D eigenvalue weighted by Crippen LogP contribution is -2.32. The molecule has 1 aliphatic rings. The molecule has 0 saturated carbocycles. The lowest BCUT2D eigenvalue weighted by atomic mass is 10.2. The molecule has 0 aromatic carbocycles. The lowest BCUT2D eigenvalue weighted by Gasteiger charge is -2.13. The second-order valence-corrected chi connectivity index (χ2v) is 5.37. The van der Waals surface area contributed by atoms with Crippen molar-refractivity contribution in [1.29, 1.82) is 0 Å². The van der Waals surface area contributed by atoms with E-state index >= 15 is 0 Å². The first-order valence-electron chi connectivity index (χ1n) is 5.52. The first-order chi connectivity index (χ1) is 8.13. The van der Waals surface area contributed by atoms with Crippen molar-refractivity contribution in [2.45, 2.75) is 30.9 Å². The van der Waals surface area contributed by atoms with E-state index in [0.717, 1.165) is 24.2 Å². The molecule has 0 unspecified atom stereocenters. The highest BCUT2D eigenvalue weighted by molar-refractivity contribution is 7.99. The summed E-state index contributed by atoms with van der Waals surface area (Å²) in [5.41, 5.74) is 7.54. The molecule has 0 amide bonds. The number of carbonyl (C=O) groups is 1. The minimum absolute atomic E-state index is 0.0321. The van der Waals surface area contributed by atoms with Gasteiger partial charge in [-0.1, -0.05) is 0 Å². The Kier molecular flexibility index (Phi) is 3.76. The Morgan fingerprint density at radius 3 is 3.12 bits per heavy atom. The molecule has 1 aromatic heterocycles. The minimum Gasteiger partial charge on any atom is -0.480 e. The van der Waals surface area contributed by atoms with Gasteiger partial charge in [0.05, 0.1) is 6.61 Å². The lowest BCUT2D eigenvalue weighted by molar-refractivity contribution is -0.137. The average Bonchev–Trinajstić information content (AvgIpc) is 2.86. The van der Waals surface area contributed by atoms with Crippen LogP contribution in [0.25, 0.3) is 0 Å². The third-order valence-electron chi connectivity index (χ3n) is 3.00. The van der Waals surface area contributed by atoms with Gasteiger partial charge >= 0.3 is 5.97 Å². The zero-order valence-electron chi connectivity index (χ0n) is 9.37. The third kappa shape index (κ3) is 2.48. The van der Waals surface area contributed by atoms with Crippen LogP contribution in [-0.4, -0.2) is 32.5 Å². The summed E-state index contributed by atoms with van der Waals surface area (Å²) in [7, 11) is 0. The summed E-state index contributed by atoms with van der Waals surface area (Å²) >= 11 is 1.56. The summed E-state index contributed by atoms with van der Waals surface area (Å²) < 4.78 is 2.12. The molecule has 0 fully saturated rings. The maximum absolute atomic E-state index is 10.6. The summed E-state index contributed by atoms with van der Waals surface area (Å²) in [6.45, 7) is 0.958. The Morgan fingerprint density at radius 1 is 1.71 bits per heavy atom. The van der Waals surface area contributed by atoms with Gasteiger partial charge in [0, 0.05) is 29.4 Å². The molecular formula is C11H16N2O3S. The number of nitrogens with two attached hydrogens (primary N) is 1. The van der Waals surface area contributed by atoms with E-state index in [0.29, 0.717) is 5.75 Å². The molecule has 17 heavy (non-hydrogen) atoms. The van der Waals surface area contributed by atoms with Gasteiger partial charge < -0.3 is 20.5 Å². The molecule has 2 rings (SSSR count). The number of fused-ring (bicyclic) bond motifs is 1. The molecule has 4 N–H and O–H groups in total. The van der Waals surface area contributed by atoms with Crippen molar-refractivity contribution in [3.8, 4) is 0 Å². The molecule has 2 atom stereocenters. The highest BCUT2D eigenvalue weighted by atomic mass is 32.2. The second kappa shape index (κ2) is 5.12. The van der Waals surface area contributed by atoms with Crippen molar-refractivity contribution in [3.63, 3.8) is 0 Å². The van der Waals surface area contributed by atoms with Crippen LogP contribution in [0.15, 0.2) is 12.3 Å². The summed E-state index contributed by atoms with van der Waals surface area (Å²) in [6.07, 6.45) is 2.94. The summed E-state index contributed by atoms with van der Waals surface area (Å²) in [4.78, 5) is 10.6. The van der Waals surface area contributed by atoms with E-state index in [9.17, 15) is 9.90 Å². The number of aliphatic carboxylic acids is 1. The Labute approximate surface area is 104 Å². The molecular weight excluding hydrogens is 240 g/mol. The van der Waals surface area contributed by atoms with Gasteiger partial charge in [-0.25, -0.2) is 0 Å². The molecule has 1 aromatic rings. The second-order valence-electron chi connectivity index (χ2n) is 4.13. The fraction of sp³-hybridized carbons (Fsp3) is 0.545. The maximum atomic E-state index is 10.6. The number of nitrogens with zero attached hydrogens (tertiary/aromatic N) is 1. The summed E-state index contributed by atoms with van der Waals surface area (Å²) in [5.74, 6) is -0.566. The molecule has 6 heteroatoms. The van der Waals surface area contributed by atoms with Crippen LogP contribution in [0.1, 0.15) is 22.9 Å². The Balaban J connectivity index is 2.01. The van der Waals surface area contributed by atoms with Crippen molar-refractivity contribution in [1.82, 2.24) is 4.57 Å². The van der Waals surface area contributed by atoms with Gasteiger partial charge in [-0.3, -0.25) is 4.79 Å². The van der Waals surface area contributed by atoms with Gasteiger partial charge in [0.2, 0.25) is 0 Å². The Morgan fingerprint density at radius 2 is 2.47 bits per heavy atom. The Hall–Kier alpha value is -0.980. The van der Waals surface area contributed by atoms with Crippen LogP contribution in [0.5, 0.6) is 0 Å². The van der Waals surface area contributed by atoms with E-state index in [-0.39, 0.29) is 11.9 Å². The number of aliphatic hydroxyl groups excluding tert-OH is 1. The van der Waals surface area contributed by atoms with Gasteiger partial charge in [0.15, 0.2) is 0 Å². The number of thioether (sulfide) groups is 1. The highest BCUT2D eigenvalue weighted by Gasteiger charge is 2.27. The van der Waals surface area contributed by atoms with Crippen LogP contribution in [0.3, 0.4) is 0 Å². The standard InChI is InChI=1S/C11H16N2O3S/c12-8(11(15)16)6-17-9-2-4-13-3-1-7(5-14)10(9)13/h1,3,8-9,14H,2,4-6,12H2,(H,15,16)/t8-,9+/m0/s1. The molecule has 0 aliphatic carbocycles. The van der Waals surface area contributed by atoms with Crippen molar-refractivity contribution in [3.05, 3.63) is 23.5 Å². The molecule has 0 bridgehead atoms. The summed E-state index contributed by atoms with van der Waals surface area (Å²) in [5, 5.41) is 18.2. The number of hydrogen-bond acceptors (Lipinski definition) is 4. The number of aromatic nitrogens is 1. The predicted octanol–water partition coefficient (Wildman–Crippen LogP) is 0.570. The topological polar surface area (TPSA) is 88.5 Å². The van der Waals surface area contributed by atoms with Crippen LogP contribution in [0, 0.1) is 0 Å². The molecule has 0 radical (unpaired) electrons. The predicted molar refractivity (Wildman–Crippen MR) is 65.8 cm³/mol. The first-order valence-corrected chi connectivity index (χ1v) is 6.57. The number of hydrogen-bond donors (Lipinski definition) is 3. The van der Waals surface area contributed by atoms with Crippen molar-refractivity contribution < 1.29 is 15.0 Å². The van der Waals surface area contributed by atoms with Gasteiger partial charge in [0.25, 0.3) is 0 Å². The fourth-order valence-corrected chi connectivity index (χ4v) is 3.40. The molecule has 5 nitrogen and oxygen atoms in total. The normalized spacial score (nSPS) is 20.2. The smallest absolute Gasteiger partial charge is 0.321 e. The van der Waals surface area contributed by atoms with Crippen LogP contribution >= 0.6 is 11.8 Å². The van der Waals surface area contributed by atoms with E-state index < -0.39 is 12.0 Å². The Bertz CT molecular complexity index is 419. The van der Waals surface area contributed by atoms with Crippen molar-refractivity contribution in [2.24, 2.45) is 5.73 Å². The third-order valence-corrected chi connectivity index (χ3v) is 4.41. The largest absolute Gasteiger partial charge is 0.480 e. The average molecular weight is 256 g/mol. The van der Waals surface area contributed by atoms with E-state index in [2.05, 4.69) is 4.57 Å². The van der Waals surface area contributed by atoms with Gasteiger partial charge in [0.1, 0.15) is 6.04 Å². The SMILES string of the molecule is N[C@@H](CS[C@@H]1CCn2ccc(CO)c21)C(=O)O. The van der Waals surface area contributed by atoms with E-state index in [1.165, 1.54) is 0 Å². The van der Waals surface area contributed by atoms with Crippen molar-refractivity contribution >= 4 is 17.7 Å². The molecule has 2 heterocycles. The highest BCUT2D eigenvalue weighted by Crippen LogP contribution is 2.40. The van der Waals surface area contributed by atoms with E-state index in [1.54, 1.807) is 11.8 Å². The minimum atomic E-state index is -0.965. The van der Waals surface area contributed by atoms with Gasteiger partial charge in [-0.15, -0.1) is 11.8 Å². The van der Waals surface area contributed by atoms with Crippen LogP contribution in [0.2, 0.25) is 0 Å². The maximum Gasteiger partial charge on any atom is 0.321 e. The molecule has 0 spiro atoms. The zero-order valence-corrected chi connectivity index (χ0v) is 10.2.